The maximum Gasteiger partial charge on any atom is 0.191 e. The molecule has 2 rings (SSSR count). The van der Waals surface area contributed by atoms with E-state index in [1.54, 1.807) is 7.05 Å². The van der Waals surface area contributed by atoms with Crippen molar-refractivity contribution in [2.75, 3.05) is 33.2 Å². The summed E-state index contributed by atoms with van der Waals surface area (Å²) in [5, 5.41) is 6.65. The molecule has 0 bridgehead atoms. The third-order valence-corrected chi connectivity index (χ3v) is 4.39. The standard InChI is InChI=1S/C18H28F2N4/c1-3-10-24-11-7-16(8-12-24)23-18(21-2)22-9-6-14-4-5-15(19)13-17(14)20/h4-5,13,16H,3,6-12H2,1-2H3,(H2,21,22,23). The van der Waals surface area contributed by atoms with Crippen molar-refractivity contribution in [3.63, 3.8) is 0 Å². The number of piperidine rings is 1. The number of aliphatic imine (C=N–C) groups is 1. The van der Waals surface area contributed by atoms with Gasteiger partial charge in [-0.05, 0) is 43.9 Å². The minimum Gasteiger partial charge on any atom is -0.356 e. The van der Waals surface area contributed by atoms with Crippen LogP contribution in [0.15, 0.2) is 23.2 Å². The summed E-state index contributed by atoms with van der Waals surface area (Å²) < 4.78 is 26.5. The molecule has 0 atom stereocenters. The largest absolute Gasteiger partial charge is 0.356 e. The van der Waals surface area contributed by atoms with E-state index in [4.69, 9.17) is 0 Å². The summed E-state index contributed by atoms with van der Waals surface area (Å²) in [6.07, 6.45) is 3.89. The SMILES string of the molecule is CCCN1CCC(NC(=NC)NCCc2ccc(F)cc2F)CC1. The lowest BCUT2D eigenvalue weighted by atomic mass is 10.1. The molecule has 0 aromatic heterocycles. The fourth-order valence-electron chi connectivity index (χ4n) is 3.05. The van der Waals surface area contributed by atoms with Crippen LogP contribution >= 0.6 is 0 Å². The van der Waals surface area contributed by atoms with Gasteiger partial charge in [-0.3, -0.25) is 4.99 Å². The van der Waals surface area contributed by atoms with Gasteiger partial charge in [0.15, 0.2) is 5.96 Å². The van der Waals surface area contributed by atoms with Crippen LogP contribution in [-0.2, 0) is 6.42 Å². The van der Waals surface area contributed by atoms with E-state index in [1.165, 1.54) is 25.1 Å². The Labute approximate surface area is 143 Å². The summed E-state index contributed by atoms with van der Waals surface area (Å²) in [6, 6.07) is 4.13. The number of guanidine groups is 1. The van der Waals surface area contributed by atoms with Crippen LogP contribution in [0.5, 0.6) is 0 Å². The zero-order valence-electron chi connectivity index (χ0n) is 14.6. The summed E-state index contributed by atoms with van der Waals surface area (Å²) in [5.41, 5.74) is 0.507. The third kappa shape index (κ3) is 5.74. The van der Waals surface area contributed by atoms with Crippen LogP contribution in [-0.4, -0.2) is 50.1 Å². The van der Waals surface area contributed by atoms with Crippen molar-refractivity contribution in [2.45, 2.75) is 38.6 Å². The summed E-state index contributed by atoms with van der Waals surface area (Å²) in [7, 11) is 1.74. The molecular weight excluding hydrogens is 310 g/mol. The highest BCUT2D eigenvalue weighted by atomic mass is 19.1. The smallest absolute Gasteiger partial charge is 0.191 e. The number of halogens is 2. The molecule has 0 spiro atoms. The normalized spacial score (nSPS) is 17.1. The Bertz CT molecular complexity index is 540. The second kappa shape index (κ2) is 9.57. The number of nitrogens with zero attached hydrogens (tertiary/aromatic N) is 2. The van der Waals surface area contributed by atoms with Gasteiger partial charge < -0.3 is 15.5 Å². The molecule has 1 aromatic rings. The zero-order valence-corrected chi connectivity index (χ0v) is 14.6. The molecule has 24 heavy (non-hydrogen) atoms. The summed E-state index contributed by atoms with van der Waals surface area (Å²) in [4.78, 5) is 6.72. The van der Waals surface area contributed by atoms with Gasteiger partial charge in [0.2, 0.25) is 0 Å². The van der Waals surface area contributed by atoms with Gasteiger partial charge in [0.1, 0.15) is 11.6 Å². The molecule has 1 aliphatic rings. The molecule has 1 heterocycles. The van der Waals surface area contributed by atoms with Gasteiger partial charge in [-0.25, -0.2) is 8.78 Å². The molecule has 2 N–H and O–H groups in total. The van der Waals surface area contributed by atoms with Gasteiger partial charge in [-0.1, -0.05) is 13.0 Å². The molecule has 1 aromatic carbocycles. The highest BCUT2D eigenvalue weighted by molar-refractivity contribution is 5.79. The van der Waals surface area contributed by atoms with Crippen LogP contribution in [0.3, 0.4) is 0 Å². The van der Waals surface area contributed by atoms with Crippen molar-refractivity contribution in [1.29, 1.82) is 0 Å². The predicted octanol–water partition coefficient (Wildman–Crippen LogP) is 2.55. The molecule has 0 aliphatic carbocycles. The van der Waals surface area contributed by atoms with E-state index in [1.807, 2.05) is 0 Å². The Morgan fingerprint density at radius 2 is 2.04 bits per heavy atom. The van der Waals surface area contributed by atoms with Crippen LogP contribution in [0.25, 0.3) is 0 Å². The molecule has 134 valence electrons. The molecule has 1 aliphatic heterocycles. The van der Waals surface area contributed by atoms with E-state index < -0.39 is 11.6 Å². The van der Waals surface area contributed by atoms with Crippen molar-refractivity contribution in [1.82, 2.24) is 15.5 Å². The summed E-state index contributed by atoms with van der Waals surface area (Å²) in [6.45, 7) is 6.16. The minimum atomic E-state index is -0.545. The average molecular weight is 338 g/mol. The number of hydrogen-bond donors (Lipinski definition) is 2. The minimum absolute atomic E-state index is 0.423. The molecule has 6 heteroatoms. The maximum atomic E-state index is 13.6. The van der Waals surface area contributed by atoms with Gasteiger partial charge in [0.25, 0.3) is 0 Å². The van der Waals surface area contributed by atoms with E-state index in [2.05, 4.69) is 27.4 Å². The molecular formula is C18H28F2N4. The van der Waals surface area contributed by atoms with Crippen LogP contribution < -0.4 is 10.6 Å². The monoisotopic (exact) mass is 338 g/mol. The molecule has 1 saturated heterocycles. The van der Waals surface area contributed by atoms with Crippen molar-refractivity contribution >= 4 is 5.96 Å². The van der Waals surface area contributed by atoms with Gasteiger partial charge >= 0.3 is 0 Å². The van der Waals surface area contributed by atoms with E-state index >= 15 is 0 Å². The van der Waals surface area contributed by atoms with Gasteiger partial charge in [0, 0.05) is 38.8 Å². The second-order valence-corrected chi connectivity index (χ2v) is 6.24. The fraction of sp³-hybridized carbons (Fsp3) is 0.611. The predicted molar refractivity (Wildman–Crippen MR) is 94.3 cm³/mol. The molecule has 0 radical (unpaired) electrons. The maximum absolute atomic E-state index is 13.6. The lowest BCUT2D eigenvalue weighted by Gasteiger charge is -2.32. The molecule has 4 nitrogen and oxygen atoms in total. The fourth-order valence-corrected chi connectivity index (χ4v) is 3.05. The molecule has 1 fully saturated rings. The van der Waals surface area contributed by atoms with E-state index in [9.17, 15) is 8.78 Å². The van der Waals surface area contributed by atoms with Crippen molar-refractivity contribution in [2.24, 2.45) is 4.99 Å². The van der Waals surface area contributed by atoms with Crippen molar-refractivity contribution in [3.8, 4) is 0 Å². The number of nitrogens with one attached hydrogen (secondary N) is 2. The Hall–Kier alpha value is -1.69. The Kier molecular flexibility index (Phi) is 7.43. The summed E-state index contributed by atoms with van der Waals surface area (Å²) >= 11 is 0. The highest BCUT2D eigenvalue weighted by Crippen LogP contribution is 2.11. The van der Waals surface area contributed by atoms with E-state index in [0.29, 0.717) is 24.6 Å². The topological polar surface area (TPSA) is 39.7 Å². The lowest BCUT2D eigenvalue weighted by molar-refractivity contribution is 0.206. The number of hydrogen-bond acceptors (Lipinski definition) is 2. The number of benzene rings is 1. The molecule has 0 unspecified atom stereocenters. The van der Waals surface area contributed by atoms with Crippen LogP contribution in [0.1, 0.15) is 31.7 Å². The first kappa shape index (κ1) is 18.6. The summed E-state index contributed by atoms with van der Waals surface area (Å²) in [5.74, 6) is -0.300. The van der Waals surface area contributed by atoms with Crippen LogP contribution in [0.4, 0.5) is 8.78 Å². The zero-order chi connectivity index (χ0) is 17.4. The highest BCUT2D eigenvalue weighted by Gasteiger charge is 2.19. The first-order chi connectivity index (χ1) is 11.6. The first-order valence-corrected chi connectivity index (χ1v) is 8.75. The Balaban J connectivity index is 1.73. The third-order valence-electron chi connectivity index (χ3n) is 4.39. The van der Waals surface area contributed by atoms with Crippen LogP contribution in [0, 0.1) is 11.6 Å². The van der Waals surface area contributed by atoms with Crippen LogP contribution in [0.2, 0.25) is 0 Å². The quantitative estimate of drug-likeness (QED) is 0.619. The Morgan fingerprint density at radius 3 is 2.67 bits per heavy atom. The number of likely N-dealkylation sites (tertiary alicyclic amines) is 1. The van der Waals surface area contributed by atoms with Gasteiger partial charge in [-0.2, -0.15) is 0 Å². The van der Waals surface area contributed by atoms with E-state index in [-0.39, 0.29) is 0 Å². The Morgan fingerprint density at radius 1 is 1.29 bits per heavy atom. The van der Waals surface area contributed by atoms with Crippen molar-refractivity contribution in [3.05, 3.63) is 35.4 Å². The number of rotatable bonds is 6. The second-order valence-electron chi connectivity index (χ2n) is 6.24. The lowest BCUT2D eigenvalue weighted by Crippen LogP contribution is -2.49. The van der Waals surface area contributed by atoms with E-state index in [0.717, 1.165) is 38.0 Å². The van der Waals surface area contributed by atoms with Gasteiger partial charge in [0.05, 0.1) is 0 Å². The average Bonchev–Trinajstić information content (AvgIpc) is 2.57. The first-order valence-electron chi connectivity index (χ1n) is 8.75. The van der Waals surface area contributed by atoms with Crippen molar-refractivity contribution < 1.29 is 8.78 Å². The molecule has 0 saturated carbocycles. The molecule has 0 amide bonds. The van der Waals surface area contributed by atoms with Gasteiger partial charge in [-0.15, -0.1) is 0 Å².